The fraction of sp³-hybridized carbons (Fsp3) is 0.421. The van der Waals surface area contributed by atoms with E-state index in [1.54, 1.807) is 4.90 Å². The molecular formula is C19H20N2O4S. The van der Waals surface area contributed by atoms with Crippen LogP contribution in [-0.2, 0) is 9.53 Å². The largest absolute Gasteiger partial charge is 0.481 e. The van der Waals surface area contributed by atoms with Gasteiger partial charge in [-0.2, -0.15) is 0 Å². The first-order valence-electron chi connectivity index (χ1n) is 8.64. The highest BCUT2D eigenvalue weighted by Gasteiger charge is 2.55. The lowest BCUT2D eigenvalue weighted by Crippen LogP contribution is -2.45. The highest BCUT2D eigenvalue weighted by Crippen LogP contribution is 2.43. The molecule has 6 nitrogen and oxygen atoms in total. The molecule has 2 fully saturated rings. The second kappa shape index (κ2) is 6.48. The molecule has 7 heteroatoms. The number of thiazole rings is 1. The van der Waals surface area contributed by atoms with Gasteiger partial charge >= 0.3 is 5.97 Å². The first-order valence-corrected chi connectivity index (χ1v) is 9.46. The van der Waals surface area contributed by atoms with Gasteiger partial charge < -0.3 is 14.7 Å². The van der Waals surface area contributed by atoms with Crippen LogP contribution in [0.3, 0.4) is 0 Å². The van der Waals surface area contributed by atoms with E-state index in [0.717, 1.165) is 10.6 Å². The first kappa shape index (κ1) is 17.2. The minimum atomic E-state index is -0.880. The zero-order chi connectivity index (χ0) is 18.3. The van der Waals surface area contributed by atoms with Gasteiger partial charge in [-0.15, -0.1) is 11.3 Å². The van der Waals surface area contributed by atoms with Crippen LogP contribution in [-0.4, -0.2) is 53.2 Å². The fourth-order valence-electron chi connectivity index (χ4n) is 3.90. The molecule has 1 amide bonds. The van der Waals surface area contributed by atoms with Gasteiger partial charge in [0.05, 0.1) is 17.7 Å². The Kier molecular flexibility index (Phi) is 4.28. The van der Waals surface area contributed by atoms with E-state index in [2.05, 4.69) is 4.98 Å². The van der Waals surface area contributed by atoms with Gasteiger partial charge in [-0.05, 0) is 13.3 Å². The van der Waals surface area contributed by atoms with Crippen LogP contribution < -0.4 is 0 Å². The standard InChI is InChI=1S/C19H20N2O4S/c1-12-15(26-16(20-12)13-5-3-2-4-6-13)17(22)21-9-14-10-25-8-7-19(14,11-21)18(23)24/h2-6,14H,7-11H2,1H3,(H,23,24)/t14-,19+/m0/s1. The minimum absolute atomic E-state index is 0.128. The molecule has 4 rings (SSSR count). The number of aliphatic carboxylic acids is 1. The maximum Gasteiger partial charge on any atom is 0.311 e. The average Bonchev–Trinajstić information content (AvgIpc) is 3.23. The zero-order valence-electron chi connectivity index (χ0n) is 14.5. The number of amides is 1. The molecule has 1 aromatic heterocycles. The van der Waals surface area contributed by atoms with E-state index >= 15 is 0 Å². The minimum Gasteiger partial charge on any atom is -0.481 e. The van der Waals surface area contributed by atoms with Gasteiger partial charge in [0.1, 0.15) is 9.88 Å². The maximum absolute atomic E-state index is 13.1. The summed E-state index contributed by atoms with van der Waals surface area (Å²) in [6.07, 6.45) is 0.452. The van der Waals surface area contributed by atoms with Crippen molar-refractivity contribution >= 4 is 23.2 Å². The molecule has 0 radical (unpaired) electrons. The predicted octanol–water partition coefficient (Wildman–Crippen LogP) is 2.68. The van der Waals surface area contributed by atoms with E-state index in [9.17, 15) is 14.7 Å². The number of hydrogen-bond acceptors (Lipinski definition) is 5. The number of carboxylic acid groups (broad SMARTS) is 1. The molecule has 0 unspecified atom stereocenters. The van der Waals surface area contributed by atoms with E-state index in [0.29, 0.717) is 36.8 Å². The molecule has 1 aromatic carbocycles. The summed E-state index contributed by atoms with van der Waals surface area (Å²) in [5, 5.41) is 10.6. The number of aryl methyl sites for hydroxylation is 1. The molecule has 2 saturated heterocycles. The van der Waals surface area contributed by atoms with Crippen LogP contribution in [0.25, 0.3) is 10.6 Å². The highest BCUT2D eigenvalue weighted by molar-refractivity contribution is 7.17. The Morgan fingerprint density at radius 2 is 2.12 bits per heavy atom. The number of benzene rings is 1. The molecule has 0 spiro atoms. The lowest BCUT2D eigenvalue weighted by Gasteiger charge is -2.33. The normalized spacial score (nSPS) is 25.1. The topological polar surface area (TPSA) is 79.7 Å². The van der Waals surface area contributed by atoms with Gasteiger partial charge in [0.25, 0.3) is 5.91 Å². The van der Waals surface area contributed by atoms with Crippen LogP contribution in [0.1, 0.15) is 21.8 Å². The van der Waals surface area contributed by atoms with E-state index in [4.69, 9.17) is 4.74 Å². The Morgan fingerprint density at radius 1 is 1.35 bits per heavy atom. The Labute approximate surface area is 155 Å². The van der Waals surface area contributed by atoms with Crippen molar-refractivity contribution in [3.63, 3.8) is 0 Å². The molecule has 3 heterocycles. The van der Waals surface area contributed by atoms with Gasteiger partial charge in [0.2, 0.25) is 0 Å². The number of fused-ring (bicyclic) bond motifs is 1. The van der Waals surface area contributed by atoms with Crippen molar-refractivity contribution in [3.8, 4) is 10.6 Å². The Hall–Kier alpha value is -2.25. The molecule has 26 heavy (non-hydrogen) atoms. The summed E-state index contributed by atoms with van der Waals surface area (Å²) in [4.78, 5) is 31.8. The van der Waals surface area contributed by atoms with Crippen LogP contribution in [0.2, 0.25) is 0 Å². The number of nitrogens with zero attached hydrogens (tertiary/aromatic N) is 2. The molecule has 2 aliphatic heterocycles. The van der Waals surface area contributed by atoms with Crippen molar-refractivity contribution < 1.29 is 19.4 Å². The van der Waals surface area contributed by atoms with Gasteiger partial charge in [0.15, 0.2) is 0 Å². The average molecular weight is 372 g/mol. The van der Waals surface area contributed by atoms with E-state index < -0.39 is 11.4 Å². The monoisotopic (exact) mass is 372 g/mol. The molecular weight excluding hydrogens is 352 g/mol. The number of aromatic nitrogens is 1. The molecule has 136 valence electrons. The van der Waals surface area contributed by atoms with Crippen molar-refractivity contribution in [3.05, 3.63) is 40.9 Å². The number of ether oxygens (including phenoxy) is 1. The second-order valence-electron chi connectivity index (χ2n) is 6.97. The van der Waals surface area contributed by atoms with Crippen LogP contribution >= 0.6 is 11.3 Å². The quantitative estimate of drug-likeness (QED) is 0.896. The van der Waals surface area contributed by atoms with Crippen LogP contribution in [0.5, 0.6) is 0 Å². The number of likely N-dealkylation sites (tertiary alicyclic amines) is 1. The highest BCUT2D eigenvalue weighted by atomic mass is 32.1. The van der Waals surface area contributed by atoms with Crippen LogP contribution in [0, 0.1) is 18.3 Å². The third-order valence-corrected chi connectivity index (χ3v) is 6.63. The number of rotatable bonds is 3. The van der Waals surface area contributed by atoms with Gasteiger partial charge in [-0.3, -0.25) is 9.59 Å². The smallest absolute Gasteiger partial charge is 0.311 e. The molecule has 0 aliphatic carbocycles. The van der Waals surface area contributed by atoms with Crippen LogP contribution in [0.4, 0.5) is 0 Å². The van der Waals surface area contributed by atoms with Crippen molar-refractivity contribution in [2.75, 3.05) is 26.3 Å². The van der Waals surface area contributed by atoms with Gasteiger partial charge in [-0.25, -0.2) is 4.98 Å². The van der Waals surface area contributed by atoms with Crippen molar-refractivity contribution in [1.82, 2.24) is 9.88 Å². The summed E-state index contributed by atoms with van der Waals surface area (Å²) in [7, 11) is 0. The summed E-state index contributed by atoms with van der Waals surface area (Å²) in [5.41, 5.74) is 0.786. The van der Waals surface area contributed by atoms with Crippen LogP contribution in [0.15, 0.2) is 30.3 Å². The fourth-order valence-corrected chi connectivity index (χ4v) is 4.94. The number of hydrogen-bond donors (Lipinski definition) is 1. The lowest BCUT2D eigenvalue weighted by molar-refractivity contribution is -0.157. The third-order valence-electron chi connectivity index (χ3n) is 5.43. The zero-order valence-corrected chi connectivity index (χ0v) is 15.3. The summed E-state index contributed by atoms with van der Waals surface area (Å²) in [6, 6.07) is 9.75. The maximum atomic E-state index is 13.1. The van der Waals surface area contributed by atoms with Gasteiger partial charge in [0, 0.05) is 31.2 Å². The van der Waals surface area contributed by atoms with E-state index in [1.807, 2.05) is 37.3 Å². The summed E-state index contributed by atoms with van der Waals surface area (Å²) in [6.45, 7) is 3.32. The SMILES string of the molecule is Cc1nc(-c2ccccc2)sc1C(=O)N1C[C@H]2COCC[C@@]2(C(=O)O)C1. The van der Waals surface area contributed by atoms with Crippen molar-refractivity contribution in [1.29, 1.82) is 0 Å². The predicted molar refractivity (Wildman–Crippen MR) is 97.2 cm³/mol. The second-order valence-corrected chi connectivity index (χ2v) is 7.97. The first-order chi connectivity index (χ1) is 12.5. The van der Waals surface area contributed by atoms with E-state index in [1.165, 1.54) is 11.3 Å². The summed E-state index contributed by atoms with van der Waals surface area (Å²) in [5.74, 6) is -1.11. The molecule has 0 saturated carbocycles. The Morgan fingerprint density at radius 3 is 2.81 bits per heavy atom. The molecule has 0 bridgehead atoms. The third kappa shape index (κ3) is 2.71. The molecule has 2 aromatic rings. The van der Waals surface area contributed by atoms with E-state index in [-0.39, 0.29) is 18.4 Å². The number of carbonyl (C=O) groups is 2. The van der Waals surface area contributed by atoms with Gasteiger partial charge in [-0.1, -0.05) is 30.3 Å². The number of carboxylic acids is 1. The Bertz CT molecular complexity index is 850. The molecule has 2 aliphatic rings. The summed E-state index contributed by atoms with van der Waals surface area (Å²) >= 11 is 1.37. The lowest BCUT2D eigenvalue weighted by atomic mass is 9.74. The van der Waals surface area contributed by atoms with Crippen molar-refractivity contribution in [2.45, 2.75) is 13.3 Å². The molecule has 2 atom stereocenters. The molecule has 1 N–H and O–H groups in total. The Balaban J connectivity index is 1.61. The summed E-state index contributed by atoms with van der Waals surface area (Å²) < 4.78 is 5.47. The van der Waals surface area contributed by atoms with Crippen molar-refractivity contribution in [2.24, 2.45) is 11.3 Å². The number of carbonyl (C=O) groups excluding carboxylic acids is 1.